The van der Waals surface area contributed by atoms with Gasteiger partial charge in [0, 0.05) is 6.61 Å². The van der Waals surface area contributed by atoms with E-state index in [2.05, 4.69) is 32.0 Å². The first-order chi connectivity index (χ1) is 7.68. The molecule has 0 aromatic heterocycles. The molecule has 2 N–H and O–H groups in total. The first-order valence-corrected chi connectivity index (χ1v) is 6.13. The second kappa shape index (κ2) is 4.98. The van der Waals surface area contributed by atoms with Crippen molar-refractivity contribution in [1.82, 2.24) is 0 Å². The summed E-state index contributed by atoms with van der Waals surface area (Å²) in [6.07, 6.45) is 3.71. The summed E-state index contributed by atoms with van der Waals surface area (Å²) in [6, 6.07) is 6.50. The molecule has 1 aliphatic heterocycles. The smallest absolute Gasteiger partial charge is 0.0767 e. The van der Waals surface area contributed by atoms with E-state index < -0.39 is 0 Å². The van der Waals surface area contributed by atoms with Crippen molar-refractivity contribution in [3.63, 3.8) is 0 Å². The normalized spacial score (nSPS) is 23.1. The largest absolute Gasteiger partial charge is 0.376 e. The number of hydrogen-bond acceptors (Lipinski definition) is 2. The van der Waals surface area contributed by atoms with Crippen LogP contribution in [0.5, 0.6) is 0 Å². The summed E-state index contributed by atoms with van der Waals surface area (Å²) in [5.41, 5.74) is 10.1. The lowest BCUT2D eigenvalue weighted by atomic mass is 9.93. The molecule has 0 bridgehead atoms. The third-order valence-corrected chi connectivity index (χ3v) is 3.40. The van der Waals surface area contributed by atoms with E-state index in [1.807, 2.05) is 0 Å². The Bertz CT molecular complexity index is 356. The number of nitrogens with two attached hydrogens (primary N) is 1. The standard InChI is InChI=1S/C14H21NO/c1-10-6-7-12(11(2)9-10)14(15)13-5-3-4-8-16-13/h6-7,9,13-14H,3-5,8,15H2,1-2H3. The van der Waals surface area contributed by atoms with E-state index >= 15 is 0 Å². The second-order valence-corrected chi connectivity index (χ2v) is 4.79. The van der Waals surface area contributed by atoms with Crippen LogP contribution in [0.1, 0.15) is 42.0 Å². The minimum Gasteiger partial charge on any atom is -0.376 e. The minimum atomic E-state index is 0.0286. The maximum absolute atomic E-state index is 6.30. The second-order valence-electron chi connectivity index (χ2n) is 4.79. The third-order valence-electron chi connectivity index (χ3n) is 3.40. The van der Waals surface area contributed by atoms with Gasteiger partial charge in [0.05, 0.1) is 12.1 Å². The predicted molar refractivity (Wildman–Crippen MR) is 66.4 cm³/mol. The molecule has 0 amide bonds. The average molecular weight is 219 g/mol. The van der Waals surface area contributed by atoms with E-state index in [4.69, 9.17) is 10.5 Å². The van der Waals surface area contributed by atoms with Crippen molar-refractivity contribution in [2.24, 2.45) is 5.73 Å². The highest BCUT2D eigenvalue weighted by molar-refractivity contribution is 5.33. The van der Waals surface area contributed by atoms with Crippen LogP contribution in [-0.4, -0.2) is 12.7 Å². The monoisotopic (exact) mass is 219 g/mol. The molecule has 2 heteroatoms. The van der Waals surface area contributed by atoms with Crippen molar-refractivity contribution in [2.75, 3.05) is 6.61 Å². The molecule has 2 atom stereocenters. The Balaban J connectivity index is 2.15. The number of ether oxygens (including phenoxy) is 1. The van der Waals surface area contributed by atoms with Gasteiger partial charge >= 0.3 is 0 Å². The summed E-state index contributed by atoms with van der Waals surface area (Å²) in [7, 11) is 0. The zero-order valence-corrected chi connectivity index (χ0v) is 10.2. The molecule has 1 aromatic rings. The molecule has 0 aliphatic carbocycles. The summed E-state index contributed by atoms with van der Waals surface area (Å²) >= 11 is 0. The molecule has 1 heterocycles. The van der Waals surface area contributed by atoms with Gasteiger partial charge in [0.1, 0.15) is 0 Å². The zero-order chi connectivity index (χ0) is 11.5. The molecule has 0 saturated carbocycles. The maximum atomic E-state index is 6.30. The van der Waals surface area contributed by atoms with Crippen LogP contribution in [0, 0.1) is 13.8 Å². The lowest BCUT2D eigenvalue weighted by Gasteiger charge is -2.29. The number of benzene rings is 1. The number of rotatable bonds is 2. The van der Waals surface area contributed by atoms with Crippen LogP contribution in [0.25, 0.3) is 0 Å². The highest BCUT2D eigenvalue weighted by Crippen LogP contribution is 2.26. The Morgan fingerprint density at radius 2 is 2.12 bits per heavy atom. The van der Waals surface area contributed by atoms with Gasteiger partial charge in [-0.15, -0.1) is 0 Å². The van der Waals surface area contributed by atoms with Gasteiger partial charge in [-0.05, 0) is 44.2 Å². The molecule has 1 aromatic carbocycles. The van der Waals surface area contributed by atoms with Gasteiger partial charge in [-0.2, -0.15) is 0 Å². The van der Waals surface area contributed by atoms with Crippen LogP contribution >= 0.6 is 0 Å². The Morgan fingerprint density at radius 1 is 1.31 bits per heavy atom. The molecular formula is C14H21NO. The summed E-state index contributed by atoms with van der Waals surface area (Å²) < 4.78 is 5.75. The van der Waals surface area contributed by atoms with Gasteiger partial charge in [-0.3, -0.25) is 0 Å². The summed E-state index contributed by atoms with van der Waals surface area (Å²) in [5.74, 6) is 0. The topological polar surface area (TPSA) is 35.2 Å². The van der Waals surface area contributed by atoms with Crippen LogP contribution in [0.2, 0.25) is 0 Å². The Kier molecular flexibility index (Phi) is 3.62. The summed E-state index contributed by atoms with van der Waals surface area (Å²) in [6.45, 7) is 5.10. The van der Waals surface area contributed by atoms with Gasteiger partial charge in [0.25, 0.3) is 0 Å². The Labute approximate surface area is 97.8 Å². The van der Waals surface area contributed by atoms with Gasteiger partial charge in [0.15, 0.2) is 0 Å². The fourth-order valence-electron chi connectivity index (χ4n) is 2.45. The quantitative estimate of drug-likeness (QED) is 0.830. The van der Waals surface area contributed by atoms with Crippen molar-refractivity contribution in [3.8, 4) is 0 Å². The lowest BCUT2D eigenvalue weighted by Crippen LogP contribution is -2.32. The van der Waals surface area contributed by atoms with Crippen LogP contribution in [0.3, 0.4) is 0 Å². The van der Waals surface area contributed by atoms with Gasteiger partial charge in [-0.1, -0.05) is 23.8 Å². The highest BCUT2D eigenvalue weighted by atomic mass is 16.5. The fourth-order valence-corrected chi connectivity index (χ4v) is 2.45. The van der Waals surface area contributed by atoms with E-state index in [1.54, 1.807) is 0 Å². The van der Waals surface area contributed by atoms with E-state index in [9.17, 15) is 0 Å². The molecule has 0 spiro atoms. The predicted octanol–water partition coefficient (Wildman–Crippen LogP) is 2.87. The van der Waals surface area contributed by atoms with Crippen LogP contribution in [-0.2, 0) is 4.74 Å². The SMILES string of the molecule is Cc1ccc(C(N)C2CCCCO2)c(C)c1. The van der Waals surface area contributed by atoms with E-state index in [1.165, 1.54) is 29.5 Å². The molecular weight excluding hydrogens is 198 g/mol. The van der Waals surface area contributed by atoms with Crippen LogP contribution in [0.4, 0.5) is 0 Å². The molecule has 2 nitrogen and oxygen atoms in total. The third kappa shape index (κ3) is 2.45. The van der Waals surface area contributed by atoms with Crippen molar-refractivity contribution >= 4 is 0 Å². The van der Waals surface area contributed by atoms with Gasteiger partial charge < -0.3 is 10.5 Å². The van der Waals surface area contributed by atoms with E-state index in [0.29, 0.717) is 0 Å². The van der Waals surface area contributed by atoms with E-state index in [0.717, 1.165) is 13.0 Å². The Hall–Kier alpha value is -0.860. The average Bonchev–Trinajstić information content (AvgIpc) is 2.29. The first kappa shape index (κ1) is 11.6. The zero-order valence-electron chi connectivity index (χ0n) is 10.2. The van der Waals surface area contributed by atoms with Crippen molar-refractivity contribution in [1.29, 1.82) is 0 Å². The highest BCUT2D eigenvalue weighted by Gasteiger charge is 2.23. The minimum absolute atomic E-state index is 0.0286. The molecule has 16 heavy (non-hydrogen) atoms. The van der Waals surface area contributed by atoms with Crippen molar-refractivity contribution in [2.45, 2.75) is 45.3 Å². The molecule has 1 aliphatic rings. The number of hydrogen-bond donors (Lipinski definition) is 1. The molecule has 1 fully saturated rings. The lowest BCUT2D eigenvalue weighted by molar-refractivity contribution is -0.000103. The summed E-state index contributed by atoms with van der Waals surface area (Å²) in [5, 5.41) is 0. The van der Waals surface area contributed by atoms with Gasteiger partial charge in [-0.25, -0.2) is 0 Å². The molecule has 1 saturated heterocycles. The number of aryl methyl sites for hydroxylation is 2. The molecule has 88 valence electrons. The molecule has 0 radical (unpaired) electrons. The summed E-state index contributed by atoms with van der Waals surface area (Å²) in [4.78, 5) is 0. The van der Waals surface area contributed by atoms with Crippen molar-refractivity contribution in [3.05, 3.63) is 34.9 Å². The van der Waals surface area contributed by atoms with E-state index in [-0.39, 0.29) is 12.1 Å². The van der Waals surface area contributed by atoms with Crippen LogP contribution in [0.15, 0.2) is 18.2 Å². The maximum Gasteiger partial charge on any atom is 0.0767 e. The Morgan fingerprint density at radius 3 is 2.75 bits per heavy atom. The van der Waals surface area contributed by atoms with Gasteiger partial charge in [0.2, 0.25) is 0 Å². The van der Waals surface area contributed by atoms with Crippen molar-refractivity contribution < 1.29 is 4.74 Å². The fraction of sp³-hybridized carbons (Fsp3) is 0.571. The van der Waals surface area contributed by atoms with Crippen LogP contribution < -0.4 is 5.73 Å². The first-order valence-electron chi connectivity index (χ1n) is 6.13. The molecule has 2 rings (SSSR count). The molecule has 2 unspecified atom stereocenters.